The summed E-state index contributed by atoms with van der Waals surface area (Å²) in [5.74, 6) is 0.716. The molecule has 0 saturated carbocycles. The Bertz CT molecular complexity index is 529. The van der Waals surface area contributed by atoms with Crippen molar-refractivity contribution in [3.8, 4) is 11.3 Å². The van der Waals surface area contributed by atoms with E-state index >= 15 is 0 Å². The van der Waals surface area contributed by atoms with Crippen molar-refractivity contribution >= 4 is 24.0 Å². The maximum atomic E-state index is 4.64. The van der Waals surface area contributed by atoms with Crippen LogP contribution >= 0.6 is 24.0 Å². The van der Waals surface area contributed by atoms with E-state index in [0.29, 0.717) is 5.75 Å². The van der Waals surface area contributed by atoms with Crippen LogP contribution in [0.5, 0.6) is 0 Å². The zero-order valence-electron chi connectivity index (χ0n) is 10.7. The number of benzene rings is 1. The van der Waals surface area contributed by atoms with Crippen LogP contribution in [0.25, 0.3) is 11.3 Å². The third-order valence-corrected chi connectivity index (χ3v) is 4.67. The molecule has 1 aromatic carbocycles. The highest BCUT2D eigenvalue weighted by molar-refractivity contribution is 7.79. The molecule has 0 aliphatic heterocycles. The van der Waals surface area contributed by atoms with Crippen LogP contribution in [0.1, 0.15) is 27.3 Å². The highest BCUT2D eigenvalue weighted by Gasteiger charge is 2.13. The minimum Gasteiger partial charge on any atom is -0.240 e. The van der Waals surface area contributed by atoms with E-state index < -0.39 is 0 Å². The van der Waals surface area contributed by atoms with Crippen molar-refractivity contribution in [3.63, 3.8) is 0 Å². The third-order valence-electron chi connectivity index (χ3n) is 3.31. The van der Waals surface area contributed by atoms with E-state index in [4.69, 9.17) is 0 Å². The molecule has 0 atom stereocenters. The molecule has 0 amide bonds. The van der Waals surface area contributed by atoms with Gasteiger partial charge in [-0.05, 0) is 49.9 Å². The maximum absolute atomic E-state index is 4.64. The summed E-state index contributed by atoms with van der Waals surface area (Å²) in [4.78, 5) is 4.64. The van der Waals surface area contributed by atoms with Crippen molar-refractivity contribution in [3.05, 3.63) is 38.7 Å². The number of hydrogen-bond donors (Lipinski definition) is 1. The van der Waals surface area contributed by atoms with Gasteiger partial charge in [-0.15, -0.1) is 11.3 Å². The SMILES string of the molecule is Cc1cc(C)c(C)c(-c2csc(CS)n2)c1C. The van der Waals surface area contributed by atoms with Crippen molar-refractivity contribution in [1.29, 1.82) is 0 Å². The second-order valence-corrected chi connectivity index (χ2v) is 5.68. The van der Waals surface area contributed by atoms with Crippen molar-refractivity contribution < 1.29 is 0 Å². The Labute approximate surface area is 112 Å². The van der Waals surface area contributed by atoms with Crippen molar-refractivity contribution in [2.24, 2.45) is 0 Å². The third kappa shape index (κ3) is 2.26. The zero-order chi connectivity index (χ0) is 12.6. The molecule has 0 spiro atoms. The molecule has 90 valence electrons. The smallest absolute Gasteiger partial charge is 0.103 e. The predicted octanol–water partition coefficient (Wildman–Crippen LogP) is 4.47. The fraction of sp³-hybridized carbons (Fsp3) is 0.357. The number of hydrogen-bond acceptors (Lipinski definition) is 3. The van der Waals surface area contributed by atoms with Gasteiger partial charge in [-0.3, -0.25) is 0 Å². The fourth-order valence-corrected chi connectivity index (χ4v) is 3.04. The molecular weight excluding hydrogens is 246 g/mol. The number of rotatable bonds is 2. The summed E-state index contributed by atoms with van der Waals surface area (Å²) in [6.45, 7) is 8.68. The fourth-order valence-electron chi connectivity index (χ4n) is 2.10. The summed E-state index contributed by atoms with van der Waals surface area (Å²) in [6.07, 6.45) is 0. The summed E-state index contributed by atoms with van der Waals surface area (Å²) in [5.41, 5.74) is 7.74. The maximum Gasteiger partial charge on any atom is 0.103 e. The molecule has 1 heterocycles. The molecule has 0 unspecified atom stereocenters. The van der Waals surface area contributed by atoms with E-state index in [1.54, 1.807) is 11.3 Å². The minimum atomic E-state index is 0.716. The molecule has 0 aliphatic rings. The normalized spacial score (nSPS) is 10.9. The van der Waals surface area contributed by atoms with Crippen LogP contribution in [0.15, 0.2) is 11.4 Å². The minimum absolute atomic E-state index is 0.716. The van der Waals surface area contributed by atoms with Gasteiger partial charge in [0.15, 0.2) is 0 Å². The lowest BCUT2D eigenvalue weighted by Gasteiger charge is -2.13. The molecule has 17 heavy (non-hydrogen) atoms. The van der Waals surface area contributed by atoms with Gasteiger partial charge in [-0.1, -0.05) is 6.07 Å². The summed E-state index contributed by atoms with van der Waals surface area (Å²) in [6, 6.07) is 2.25. The highest BCUT2D eigenvalue weighted by Crippen LogP contribution is 2.32. The van der Waals surface area contributed by atoms with Gasteiger partial charge in [0.1, 0.15) is 5.01 Å². The molecule has 0 aliphatic carbocycles. The Morgan fingerprint density at radius 3 is 2.18 bits per heavy atom. The average molecular weight is 263 g/mol. The van der Waals surface area contributed by atoms with E-state index in [1.807, 2.05) is 0 Å². The molecule has 0 saturated heterocycles. The van der Waals surface area contributed by atoms with Crippen LogP contribution in [0, 0.1) is 27.7 Å². The first-order chi connectivity index (χ1) is 8.04. The molecule has 0 fully saturated rings. The van der Waals surface area contributed by atoms with Gasteiger partial charge in [0.05, 0.1) is 5.69 Å². The van der Waals surface area contributed by atoms with Gasteiger partial charge in [0.2, 0.25) is 0 Å². The molecule has 1 nitrogen and oxygen atoms in total. The summed E-state index contributed by atoms with van der Waals surface area (Å²) >= 11 is 5.96. The Kier molecular flexibility index (Phi) is 3.59. The Morgan fingerprint density at radius 1 is 1.12 bits per heavy atom. The van der Waals surface area contributed by atoms with E-state index in [9.17, 15) is 0 Å². The zero-order valence-corrected chi connectivity index (χ0v) is 12.4. The van der Waals surface area contributed by atoms with Crippen LogP contribution in [0.4, 0.5) is 0 Å². The lowest BCUT2D eigenvalue weighted by molar-refractivity contribution is 1.21. The van der Waals surface area contributed by atoms with Gasteiger partial charge in [-0.25, -0.2) is 4.98 Å². The van der Waals surface area contributed by atoms with E-state index in [2.05, 4.69) is 56.8 Å². The average Bonchev–Trinajstić information content (AvgIpc) is 2.75. The second kappa shape index (κ2) is 4.83. The van der Waals surface area contributed by atoms with Gasteiger partial charge in [-0.2, -0.15) is 12.6 Å². The number of aryl methyl sites for hydroxylation is 2. The number of thiol groups is 1. The first-order valence-electron chi connectivity index (χ1n) is 5.67. The Hall–Kier alpha value is -0.800. The van der Waals surface area contributed by atoms with E-state index in [-0.39, 0.29) is 0 Å². The van der Waals surface area contributed by atoms with Crippen LogP contribution in [0.3, 0.4) is 0 Å². The van der Waals surface area contributed by atoms with Crippen molar-refractivity contribution in [2.75, 3.05) is 0 Å². The molecule has 0 N–H and O–H groups in total. The standard InChI is InChI=1S/C14H17NS2/c1-8-5-9(2)11(4)14(10(8)3)12-7-17-13(6-16)15-12/h5,7,16H,6H2,1-4H3. The van der Waals surface area contributed by atoms with E-state index in [0.717, 1.165) is 10.7 Å². The predicted molar refractivity (Wildman–Crippen MR) is 79.2 cm³/mol. The second-order valence-electron chi connectivity index (χ2n) is 4.42. The highest BCUT2D eigenvalue weighted by atomic mass is 32.1. The Balaban J connectivity index is 2.65. The molecular formula is C14H17NS2. The van der Waals surface area contributed by atoms with Gasteiger partial charge in [0.25, 0.3) is 0 Å². The van der Waals surface area contributed by atoms with Gasteiger partial charge >= 0.3 is 0 Å². The monoisotopic (exact) mass is 263 g/mol. The van der Waals surface area contributed by atoms with Crippen LogP contribution in [0.2, 0.25) is 0 Å². The van der Waals surface area contributed by atoms with Crippen LogP contribution < -0.4 is 0 Å². The molecule has 0 bridgehead atoms. The van der Waals surface area contributed by atoms with Crippen LogP contribution in [-0.2, 0) is 5.75 Å². The number of aromatic nitrogens is 1. The first kappa shape index (κ1) is 12.7. The van der Waals surface area contributed by atoms with E-state index in [1.165, 1.54) is 27.8 Å². The molecule has 0 radical (unpaired) electrons. The summed E-state index contributed by atoms with van der Waals surface area (Å²) < 4.78 is 0. The molecule has 2 aromatic rings. The Morgan fingerprint density at radius 2 is 1.71 bits per heavy atom. The van der Waals surface area contributed by atoms with Gasteiger partial charge < -0.3 is 0 Å². The molecule has 1 aromatic heterocycles. The topological polar surface area (TPSA) is 12.9 Å². The molecule has 3 heteroatoms. The summed E-state index contributed by atoms with van der Waals surface area (Å²) in [5, 5.41) is 3.22. The largest absolute Gasteiger partial charge is 0.240 e. The van der Waals surface area contributed by atoms with Crippen LogP contribution in [-0.4, -0.2) is 4.98 Å². The number of thiazole rings is 1. The lowest BCUT2D eigenvalue weighted by atomic mass is 9.93. The molecule has 2 rings (SSSR count). The van der Waals surface area contributed by atoms with Gasteiger partial charge in [0, 0.05) is 16.7 Å². The lowest BCUT2D eigenvalue weighted by Crippen LogP contribution is -1.95. The van der Waals surface area contributed by atoms with Crippen molar-refractivity contribution in [2.45, 2.75) is 33.4 Å². The first-order valence-corrected chi connectivity index (χ1v) is 7.18. The van der Waals surface area contributed by atoms with Crippen molar-refractivity contribution in [1.82, 2.24) is 4.98 Å². The quantitative estimate of drug-likeness (QED) is 0.789. The summed E-state index contributed by atoms with van der Waals surface area (Å²) in [7, 11) is 0. The number of nitrogens with zero attached hydrogens (tertiary/aromatic N) is 1.